The van der Waals surface area contributed by atoms with E-state index < -0.39 is 26.4 Å². The van der Waals surface area contributed by atoms with Crippen molar-refractivity contribution >= 4 is 45.7 Å². The third-order valence-electron chi connectivity index (χ3n) is 2.26. The van der Waals surface area contributed by atoms with Crippen molar-refractivity contribution in [3.63, 3.8) is 0 Å². The first-order valence-electron chi connectivity index (χ1n) is 6.95. The Morgan fingerprint density at radius 3 is 1.88 bits per heavy atom. The molecule has 0 N–H and O–H groups in total. The summed E-state index contributed by atoms with van der Waals surface area (Å²) >= 11 is 0. The van der Waals surface area contributed by atoms with Gasteiger partial charge in [-0.15, -0.1) is 0 Å². The van der Waals surface area contributed by atoms with Crippen molar-refractivity contribution < 1.29 is 36.9 Å². The van der Waals surface area contributed by atoms with Crippen LogP contribution in [0.15, 0.2) is 0 Å². The quantitative estimate of drug-likeness (QED) is 0.300. The summed E-state index contributed by atoms with van der Waals surface area (Å²) in [5.41, 5.74) is 0. The van der Waals surface area contributed by atoms with Gasteiger partial charge in [-0.25, -0.2) is 0 Å². The van der Waals surface area contributed by atoms with Crippen LogP contribution in [0.1, 0.15) is 12.8 Å². The number of hydrogen-bond donors (Lipinski definition) is 0. The van der Waals surface area contributed by atoms with Crippen LogP contribution in [-0.4, -0.2) is 64.1 Å². The predicted octanol–water partition coefficient (Wildman–Crippen LogP) is 4.19. The maximum atomic E-state index is 11.8. The fraction of sp³-hybridized carbons (Fsp3) is 0.917. The maximum absolute atomic E-state index is 11.8. The molecule has 0 amide bonds. The van der Waals surface area contributed by atoms with Gasteiger partial charge < -0.3 is 18.9 Å². The van der Waals surface area contributed by atoms with Crippen molar-refractivity contribution in [3.8, 4) is 0 Å². The molecule has 24 heavy (non-hydrogen) atoms. The standard InChI is InChI=1S/C12H20Cl3F3O5S/c13-24(14,15)9-1-3-20-5-7-22-8-6-21-4-2-11(19)23-10-12(16,17)18/h1-10H2. The Bertz CT molecular complexity index is 343. The van der Waals surface area contributed by atoms with Crippen LogP contribution in [0, 0.1) is 0 Å². The van der Waals surface area contributed by atoms with Crippen molar-refractivity contribution in [3.05, 3.63) is 0 Å². The second-order valence-electron chi connectivity index (χ2n) is 4.42. The molecule has 0 aliphatic heterocycles. The minimum atomic E-state index is -4.52. The third-order valence-corrected chi connectivity index (χ3v) is 4.40. The molecule has 5 nitrogen and oxygen atoms in total. The van der Waals surface area contributed by atoms with Crippen molar-refractivity contribution in [2.75, 3.05) is 52.0 Å². The number of carbonyl (C=O) groups is 1. The monoisotopic (exact) mass is 438 g/mol. The van der Waals surface area contributed by atoms with E-state index in [2.05, 4.69) is 4.74 Å². The summed E-state index contributed by atoms with van der Waals surface area (Å²) in [6, 6.07) is 0. The first kappa shape index (κ1) is 24.4. The minimum Gasteiger partial charge on any atom is -0.456 e. The molecule has 0 spiro atoms. The van der Waals surface area contributed by atoms with Gasteiger partial charge in [0.25, 0.3) is 0 Å². The maximum Gasteiger partial charge on any atom is 0.422 e. The van der Waals surface area contributed by atoms with E-state index in [-0.39, 0.29) is 26.2 Å². The van der Waals surface area contributed by atoms with Crippen LogP contribution >= 0.6 is 39.7 Å². The average Bonchev–Trinajstić information content (AvgIpc) is 2.44. The van der Waals surface area contributed by atoms with Gasteiger partial charge in [0.15, 0.2) is 6.61 Å². The van der Waals surface area contributed by atoms with E-state index >= 15 is 0 Å². The Balaban J connectivity index is 3.24. The van der Waals surface area contributed by atoms with E-state index in [0.717, 1.165) is 0 Å². The molecule has 0 bridgehead atoms. The lowest BCUT2D eigenvalue weighted by Gasteiger charge is -2.14. The molecular weight excluding hydrogens is 420 g/mol. The van der Waals surface area contributed by atoms with E-state index in [0.29, 0.717) is 32.0 Å². The van der Waals surface area contributed by atoms with E-state index in [1.807, 2.05) is 0 Å². The fourth-order valence-corrected chi connectivity index (χ4v) is 2.68. The van der Waals surface area contributed by atoms with Crippen LogP contribution in [0.2, 0.25) is 0 Å². The van der Waals surface area contributed by atoms with Crippen LogP contribution in [0.3, 0.4) is 0 Å². The molecular formula is C12H20Cl3F3O5S. The van der Waals surface area contributed by atoms with Gasteiger partial charge in [-0.3, -0.25) is 4.79 Å². The topological polar surface area (TPSA) is 54.0 Å². The molecule has 0 aromatic heterocycles. The zero-order valence-electron chi connectivity index (χ0n) is 12.8. The van der Waals surface area contributed by atoms with Gasteiger partial charge in [0.1, 0.15) is 0 Å². The number of halogens is 6. The van der Waals surface area contributed by atoms with Crippen molar-refractivity contribution in [2.24, 2.45) is 0 Å². The molecule has 0 saturated carbocycles. The molecule has 0 radical (unpaired) electrons. The Hall–Kier alpha value is 0.360. The summed E-state index contributed by atoms with van der Waals surface area (Å²) in [7, 11) is 14.9. The summed E-state index contributed by atoms with van der Waals surface area (Å²) in [4.78, 5) is 10.9. The normalized spacial score (nSPS) is 13.1. The molecule has 0 unspecified atom stereocenters. The molecule has 0 atom stereocenters. The van der Waals surface area contributed by atoms with E-state index in [1.165, 1.54) is 0 Å². The van der Waals surface area contributed by atoms with Crippen LogP contribution in [-0.2, 0) is 23.7 Å². The lowest BCUT2D eigenvalue weighted by molar-refractivity contribution is -0.186. The van der Waals surface area contributed by atoms with E-state index in [4.69, 9.17) is 46.3 Å². The molecule has 0 rings (SSSR count). The summed E-state index contributed by atoms with van der Waals surface area (Å²) in [5.74, 6) is -0.476. The smallest absolute Gasteiger partial charge is 0.422 e. The third kappa shape index (κ3) is 20.4. The van der Waals surface area contributed by atoms with Crippen LogP contribution < -0.4 is 0 Å². The summed E-state index contributed by atoms with van der Waals surface area (Å²) in [6.45, 7) is 0.0909. The Kier molecular flexibility index (Phi) is 13.8. The Morgan fingerprint density at radius 2 is 1.38 bits per heavy atom. The van der Waals surface area contributed by atoms with Gasteiger partial charge in [0.2, 0.25) is 0 Å². The van der Waals surface area contributed by atoms with Crippen molar-refractivity contribution in [1.29, 1.82) is 0 Å². The molecule has 146 valence electrons. The molecule has 0 fully saturated rings. The zero-order chi connectivity index (χ0) is 18.5. The highest BCUT2D eigenvalue weighted by Gasteiger charge is 2.29. The zero-order valence-corrected chi connectivity index (χ0v) is 15.9. The van der Waals surface area contributed by atoms with Gasteiger partial charge >= 0.3 is 12.1 Å². The van der Waals surface area contributed by atoms with Crippen LogP contribution in [0.5, 0.6) is 0 Å². The number of alkyl halides is 3. The Labute approximate surface area is 153 Å². The number of rotatable bonds is 14. The van der Waals surface area contributed by atoms with Crippen molar-refractivity contribution in [2.45, 2.75) is 19.0 Å². The van der Waals surface area contributed by atoms with Gasteiger partial charge in [-0.2, -0.15) is 13.2 Å². The first-order valence-corrected chi connectivity index (χ1v) is 11.2. The number of hydrogen-bond acceptors (Lipinski definition) is 5. The van der Waals surface area contributed by atoms with Crippen LogP contribution in [0.25, 0.3) is 0 Å². The summed E-state index contributed by atoms with van der Waals surface area (Å²) in [5, 5.41) is 0. The molecule has 0 aromatic carbocycles. The molecule has 0 aliphatic carbocycles. The molecule has 12 heteroatoms. The minimum absolute atomic E-state index is 0.0318. The van der Waals surface area contributed by atoms with E-state index in [9.17, 15) is 18.0 Å². The van der Waals surface area contributed by atoms with Gasteiger partial charge in [0, 0.05) is 12.4 Å². The first-order chi connectivity index (χ1) is 11.1. The van der Waals surface area contributed by atoms with Gasteiger partial charge in [-0.1, -0.05) is 0 Å². The lowest BCUT2D eigenvalue weighted by atomic mass is 10.4. The predicted molar refractivity (Wildman–Crippen MR) is 88.7 cm³/mol. The fourth-order valence-electron chi connectivity index (χ4n) is 1.26. The number of esters is 1. The highest BCUT2D eigenvalue weighted by atomic mass is 36.2. The SMILES string of the molecule is O=C(CCOCCOCCOCCCS(Cl)(Cl)Cl)OCC(F)(F)F. The highest BCUT2D eigenvalue weighted by Crippen LogP contribution is 2.63. The van der Waals surface area contributed by atoms with Gasteiger partial charge in [0.05, 0.1) is 39.5 Å². The number of ether oxygens (including phenoxy) is 4. The molecule has 0 saturated heterocycles. The van der Waals surface area contributed by atoms with E-state index in [1.54, 1.807) is 0 Å². The number of carbonyl (C=O) groups excluding carboxylic acids is 1. The summed E-state index contributed by atoms with van der Waals surface area (Å²) in [6.07, 6.45) is -4.11. The molecule has 0 heterocycles. The van der Waals surface area contributed by atoms with Crippen molar-refractivity contribution in [1.82, 2.24) is 0 Å². The lowest BCUT2D eigenvalue weighted by Crippen LogP contribution is -2.21. The van der Waals surface area contributed by atoms with Crippen LogP contribution in [0.4, 0.5) is 13.2 Å². The Morgan fingerprint density at radius 1 is 0.875 bits per heavy atom. The van der Waals surface area contributed by atoms with Gasteiger partial charge in [-0.05, 0) is 46.1 Å². The average molecular weight is 440 g/mol. The largest absolute Gasteiger partial charge is 0.456 e. The second-order valence-corrected chi connectivity index (χ2v) is 12.0. The summed E-state index contributed by atoms with van der Waals surface area (Å²) < 4.78 is 54.8. The molecule has 0 aliphatic rings. The second kappa shape index (κ2) is 13.5. The highest BCUT2D eigenvalue weighted by molar-refractivity contribution is 8.79. The molecule has 0 aromatic rings.